The van der Waals surface area contributed by atoms with Crippen LogP contribution >= 0.6 is 11.6 Å². The number of sulfone groups is 1. The maximum atomic E-state index is 11.6. The molecular formula is C13H16ClNO2S. The molecule has 0 bridgehead atoms. The molecule has 1 aromatic carbocycles. The Kier molecular flexibility index (Phi) is 3.69. The molecule has 0 aliphatic rings. The average Bonchev–Trinajstić information content (AvgIpc) is 2.61. The summed E-state index contributed by atoms with van der Waals surface area (Å²) in [5.74, 6) is 0.369. The zero-order chi connectivity index (χ0) is 13.3. The van der Waals surface area contributed by atoms with Gasteiger partial charge in [-0.15, -0.1) is 0 Å². The molecule has 1 aromatic heterocycles. The van der Waals surface area contributed by atoms with Crippen LogP contribution in [0.1, 0.15) is 12.6 Å². The van der Waals surface area contributed by atoms with Crippen LogP contribution in [-0.2, 0) is 16.4 Å². The van der Waals surface area contributed by atoms with Gasteiger partial charge in [-0.1, -0.05) is 18.5 Å². The van der Waals surface area contributed by atoms with Gasteiger partial charge in [-0.2, -0.15) is 0 Å². The highest BCUT2D eigenvalue weighted by Gasteiger charge is 2.11. The predicted octanol–water partition coefficient (Wildman–Crippen LogP) is 3.04. The molecule has 0 saturated carbocycles. The Morgan fingerprint density at radius 3 is 2.67 bits per heavy atom. The fourth-order valence-electron chi connectivity index (χ4n) is 2.05. The maximum absolute atomic E-state index is 11.6. The lowest BCUT2D eigenvalue weighted by atomic mass is 10.2. The fraction of sp³-hybridized carbons (Fsp3) is 0.385. The molecule has 0 aliphatic heterocycles. The summed E-state index contributed by atoms with van der Waals surface area (Å²) in [6.45, 7) is 4.15. The summed E-state index contributed by atoms with van der Waals surface area (Å²) >= 11 is 5.95. The molecule has 0 N–H and O–H groups in total. The van der Waals surface area contributed by atoms with Crippen molar-refractivity contribution in [3.63, 3.8) is 0 Å². The molecule has 98 valence electrons. The van der Waals surface area contributed by atoms with Gasteiger partial charge in [-0.3, -0.25) is 0 Å². The molecule has 3 nitrogen and oxygen atoms in total. The smallest absolute Gasteiger partial charge is 0.151 e. The molecule has 0 spiro atoms. The van der Waals surface area contributed by atoms with Crippen molar-refractivity contribution >= 4 is 32.3 Å². The first-order valence-electron chi connectivity index (χ1n) is 5.89. The molecule has 0 unspecified atom stereocenters. The van der Waals surface area contributed by atoms with E-state index in [4.69, 9.17) is 11.6 Å². The van der Waals surface area contributed by atoms with Crippen LogP contribution in [0.3, 0.4) is 0 Å². The Morgan fingerprint density at radius 1 is 1.28 bits per heavy atom. The summed E-state index contributed by atoms with van der Waals surface area (Å²) in [6, 6.07) is 7.69. The van der Waals surface area contributed by atoms with E-state index in [2.05, 4.69) is 0 Å². The van der Waals surface area contributed by atoms with E-state index >= 15 is 0 Å². The Morgan fingerprint density at radius 2 is 2.00 bits per heavy atom. The van der Waals surface area contributed by atoms with Gasteiger partial charge in [0.1, 0.15) is 0 Å². The van der Waals surface area contributed by atoms with E-state index in [1.165, 1.54) is 0 Å². The van der Waals surface area contributed by atoms with E-state index in [0.717, 1.165) is 16.6 Å². The van der Waals surface area contributed by atoms with Gasteiger partial charge < -0.3 is 4.57 Å². The first-order valence-corrected chi connectivity index (χ1v) is 8.08. The van der Waals surface area contributed by atoms with Crippen LogP contribution < -0.4 is 0 Å². The van der Waals surface area contributed by atoms with Crippen LogP contribution in [0.5, 0.6) is 0 Å². The van der Waals surface area contributed by atoms with Gasteiger partial charge in [-0.25, -0.2) is 8.42 Å². The highest BCUT2D eigenvalue weighted by atomic mass is 35.5. The number of hydrogen-bond acceptors (Lipinski definition) is 2. The van der Waals surface area contributed by atoms with Gasteiger partial charge in [0, 0.05) is 33.9 Å². The van der Waals surface area contributed by atoms with Crippen LogP contribution in [0.25, 0.3) is 10.9 Å². The lowest BCUT2D eigenvalue weighted by molar-refractivity contribution is 0.590. The van der Waals surface area contributed by atoms with Crippen LogP contribution in [0.15, 0.2) is 24.3 Å². The van der Waals surface area contributed by atoms with Crippen molar-refractivity contribution in [1.82, 2.24) is 4.57 Å². The highest BCUT2D eigenvalue weighted by molar-refractivity contribution is 7.91. The minimum Gasteiger partial charge on any atom is -0.344 e. The molecule has 1 heterocycles. The topological polar surface area (TPSA) is 39.1 Å². The number of hydrogen-bond donors (Lipinski definition) is 0. The maximum Gasteiger partial charge on any atom is 0.151 e. The number of fused-ring (bicyclic) bond motifs is 1. The summed E-state index contributed by atoms with van der Waals surface area (Å²) in [6.07, 6.45) is 0. The first-order chi connectivity index (χ1) is 8.43. The summed E-state index contributed by atoms with van der Waals surface area (Å²) in [4.78, 5) is 0. The van der Waals surface area contributed by atoms with Crippen LogP contribution in [-0.4, -0.2) is 24.5 Å². The van der Waals surface area contributed by atoms with Gasteiger partial charge in [0.15, 0.2) is 9.84 Å². The molecule has 2 rings (SSSR count). The lowest BCUT2D eigenvalue weighted by Gasteiger charge is -2.08. The molecule has 5 heteroatoms. The van der Waals surface area contributed by atoms with Crippen molar-refractivity contribution in [2.45, 2.75) is 20.4 Å². The second-order valence-electron chi connectivity index (χ2n) is 4.38. The third-order valence-corrected chi connectivity index (χ3v) is 5.06. The summed E-state index contributed by atoms with van der Waals surface area (Å²) in [5, 5.41) is 1.75. The van der Waals surface area contributed by atoms with E-state index in [0.29, 0.717) is 11.6 Å². The minimum absolute atomic E-state index is 0.177. The first kappa shape index (κ1) is 13.4. The SMILES string of the molecule is CCS(=O)(=O)CCn1c(C)cc2cc(Cl)ccc21. The number of rotatable bonds is 4. The molecule has 0 radical (unpaired) electrons. The molecule has 0 fully saturated rings. The van der Waals surface area contributed by atoms with E-state index in [-0.39, 0.29) is 11.5 Å². The van der Waals surface area contributed by atoms with Crippen molar-refractivity contribution < 1.29 is 8.42 Å². The molecule has 0 saturated heterocycles. The summed E-state index contributed by atoms with van der Waals surface area (Å²) < 4.78 is 25.1. The molecule has 18 heavy (non-hydrogen) atoms. The van der Waals surface area contributed by atoms with E-state index in [1.54, 1.807) is 6.92 Å². The van der Waals surface area contributed by atoms with E-state index in [1.807, 2.05) is 35.8 Å². The van der Waals surface area contributed by atoms with Crippen molar-refractivity contribution in [2.75, 3.05) is 11.5 Å². The largest absolute Gasteiger partial charge is 0.344 e. The van der Waals surface area contributed by atoms with Crippen molar-refractivity contribution in [3.8, 4) is 0 Å². The number of halogens is 1. The molecular weight excluding hydrogens is 270 g/mol. The number of aryl methyl sites for hydroxylation is 2. The van der Waals surface area contributed by atoms with Gasteiger partial charge in [0.05, 0.1) is 5.75 Å². The third kappa shape index (κ3) is 2.70. The average molecular weight is 286 g/mol. The molecule has 0 atom stereocenters. The predicted molar refractivity (Wildman–Crippen MR) is 76.0 cm³/mol. The normalized spacial score (nSPS) is 12.2. The van der Waals surface area contributed by atoms with Crippen molar-refractivity contribution in [2.24, 2.45) is 0 Å². The lowest BCUT2D eigenvalue weighted by Crippen LogP contribution is -2.15. The second kappa shape index (κ2) is 4.94. The number of benzene rings is 1. The van der Waals surface area contributed by atoms with Gasteiger partial charge >= 0.3 is 0 Å². The zero-order valence-corrected chi connectivity index (χ0v) is 12.1. The Bertz CT molecular complexity index is 674. The standard InChI is InChI=1S/C13H16ClNO2S/c1-3-18(16,17)7-6-15-10(2)8-11-9-12(14)4-5-13(11)15/h4-5,8-9H,3,6-7H2,1-2H3. The number of aromatic nitrogens is 1. The van der Waals surface area contributed by atoms with E-state index in [9.17, 15) is 8.42 Å². The van der Waals surface area contributed by atoms with E-state index < -0.39 is 9.84 Å². The van der Waals surface area contributed by atoms with Gasteiger partial charge in [0.25, 0.3) is 0 Å². The Balaban J connectivity index is 2.36. The van der Waals surface area contributed by atoms with Crippen LogP contribution in [0, 0.1) is 6.92 Å². The fourth-order valence-corrected chi connectivity index (χ4v) is 2.98. The summed E-state index contributed by atoms with van der Waals surface area (Å²) in [7, 11) is -2.94. The summed E-state index contributed by atoms with van der Waals surface area (Å²) in [5.41, 5.74) is 2.08. The van der Waals surface area contributed by atoms with Gasteiger partial charge in [-0.05, 0) is 31.2 Å². The molecule has 2 aromatic rings. The number of nitrogens with zero attached hydrogens (tertiary/aromatic N) is 1. The highest BCUT2D eigenvalue weighted by Crippen LogP contribution is 2.23. The quantitative estimate of drug-likeness (QED) is 0.866. The zero-order valence-electron chi connectivity index (χ0n) is 10.5. The third-order valence-electron chi connectivity index (χ3n) is 3.14. The minimum atomic E-state index is -2.94. The van der Waals surface area contributed by atoms with Gasteiger partial charge in [0.2, 0.25) is 0 Å². The molecule has 0 amide bonds. The Labute approximate surface area is 112 Å². The van der Waals surface area contributed by atoms with Crippen LogP contribution in [0.4, 0.5) is 0 Å². The monoisotopic (exact) mass is 285 g/mol. The van der Waals surface area contributed by atoms with Crippen LogP contribution in [0.2, 0.25) is 5.02 Å². The second-order valence-corrected chi connectivity index (χ2v) is 7.29. The Hall–Kier alpha value is -1.00. The molecule has 0 aliphatic carbocycles. The van der Waals surface area contributed by atoms with Crippen molar-refractivity contribution in [3.05, 3.63) is 35.0 Å². The van der Waals surface area contributed by atoms with Crippen molar-refractivity contribution in [1.29, 1.82) is 0 Å².